The van der Waals surface area contributed by atoms with Crippen molar-refractivity contribution in [3.63, 3.8) is 0 Å². The molecule has 3 heteroatoms. The maximum absolute atomic E-state index is 8.24. The summed E-state index contributed by atoms with van der Waals surface area (Å²) in [5.74, 6) is 0.821. The van der Waals surface area contributed by atoms with Crippen LogP contribution in [0.2, 0.25) is 0 Å². The molecule has 0 bridgehead atoms. The second-order valence-electron chi connectivity index (χ2n) is 5.48. The third-order valence-corrected chi connectivity index (χ3v) is 2.82. The van der Waals surface area contributed by atoms with Crippen molar-refractivity contribution < 1.29 is 0 Å². The summed E-state index contributed by atoms with van der Waals surface area (Å²) in [5, 5.41) is 11.6. The van der Waals surface area contributed by atoms with Gasteiger partial charge in [-0.2, -0.15) is 0 Å². The first kappa shape index (κ1) is 13.7. The number of anilines is 1. The Balaban J connectivity index is 3.04. The van der Waals surface area contributed by atoms with Gasteiger partial charge in [-0.1, -0.05) is 27.7 Å². The summed E-state index contributed by atoms with van der Waals surface area (Å²) in [4.78, 5) is 4.35. The molecule has 0 amide bonds. The Kier molecular flexibility index (Phi) is 4.27. The van der Waals surface area contributed by atoms with E-state index in [-0.39, 0.29) is 5.41 Å². The van der Waals surface area contributed by atoms with E-state index in [1.165, 1.54) is 0 Å². The van der Waals surface area contributed by atoms with Gasteiger partial charge in [0.15, 0.2) is 0 Å². The lowest BCUT2D eigenvalue weighted by Crippen LogP contribution is -2.24. The topological polar surface area (TPSA) is 48.8 Å². The minimum absolute atomic E-state index is 0.158. The van der Waals surface area contributed by atoms with Gasteiger partial charge in [-0.25, -0.2) is 4.98 Å². The number of hydrogen-bond acceptors (Lipinski definition) is 3. The monoisotopic (exact) mass is 233 g/mol. The van der Waals surface area contributed by atoms with Gasteiger partial charge in [0.05, 0.1) is 0 Å². The normalized spacial score (nSPS) is 13.2. The largest absolute Gasteiger partial charge is 0.367 e. The SMILES string of the molecule is CCC(C)Nc1ncccc1C(=N)C(C)(C)C. The van der Waals surface area contributed by atoms with Gasteiger partial charge >= 0.3 is 0 Å². The van der Waals surface area contributed by atoms with Gasteiger partial charge in [-0.3, -0.25) is 0 Å². The molecule has 1 aromatic heterocycles. The van der Waals surface area contributed by atoms with Crippen molar-refractivity contribution in [2.45, 2.75) is 47.1 Å². The molecule has 0 spiro atoms. The van der Waals surface area contributed by atoms with Crippen molar-refractivity contribution in [2.75, 3.05) is 5.32 Å². The molecule has 94 valence electrons. The van der Waals surface area contributed by atoms with Gasteiger partial charge in [0.1, 0.15) is 5.82 Å². The lowest BCUT2D eigenvalue weighted by molar-refractivity contribution is 0.588. The lowest BCUT2D eigenvalue weighted by Gasteiger charge is -2.23. The Morgan fingerprint density at radius 3 is 2.65 bits per heavy atom. The van der Waals surface area contributed by atoms with Crippen LogP contribution in [0.4, 0.5) is 5.82 Å². The molecule has 1 rings (SSSR count). The Hall–Kier alpha value is -1.38. The Bertz CT molecular complexity index is 391. The second-order valence-corrected chi connectivity index (χ2v) is 5.48. The number of nitrogens with one attached hydrogen (secondary N) is 2. The number of pyridine rings is 1. The van der Waals surface area contributed by atoms with Crippen LogP contribution in [0.3, 0.4) is 0 Å². The van der Waals surface area contributed by atoms with E-state index < -0.39 is 0 Å². The molecule has 2 N–H and O–H groups in total. The van der Waals surface area contributed by atoms with Gasteiger partial charge in [0.25, 0.3) is 0 Å². The van der Waals surface area contributed by atoms with Crippen LogP contribution >= 0.6 is 0 Å². The Labute approximate surface area is 104 Å². The highest BCUT2D eigenvalue weighted by Gasteiger charge is 2.22. The van der Waals surface area contributed by atoms with Crippen LogP contribution in [0, 0.1) is 10.8 Å². The molecule has 0 aliphatic carbocycles. The quantitative estimate of drug-likeness (QED) is 0.779. The maximum Gasteiger partial charge on any atom is 0.135 e. The number of aromatic nitrogens is 1. The Morgan fingerprint density at radius 2 is 2.12 bits per heavy atom. The number of nitrogens with zero attached hydrogens (tertiary/aromatic N) is 1. The van der Waals surface area contributed by atoms with Crippen LogP contribution in [0.15, 0.2) is 18.3 Å². The van der Waals surface area contributed by atoms with Gasteiger partial charge in [-0.05, 0) is 25.5 Å². The van der Waals surface area contributed by atoms with E-state index in [2.05, 4.69) is 44.9 Å². The Morgan fingerprint density at radius 1 is 1.47 bits per heavy atom. The fraction of sp³-hybridized carbons (Fsp3) is 0.571. The lowest BCUT2D eigenvalue weighted by atomic mass is 9.86. The van der Waals surface area contributed by atoms with Crippen molar-refractivity contribution in [1.29, 1.82) is 5.41 Å². The van der Waals surface area contributed by atoms with Crippen LogP contribution in [0.5, 0.6) is 0 Å². The third kappa shape index (κ3) is 3.55. The molecule has 1 atom stereocenters. The van der Waals surface area contributed by atoms with Crippen molar-refractivity contribution in [3.8, 4) is 0 Å². The van der Waals surface area contributed by atoms with E-state index in [0.29, 0.717) is 11.8 Å². The summed E-state index contributed by atoms with van der Waals surface area (Å²) in [6.45, 7) is 10.4. The highest BCUT2D eigenvalue weighted by atomic mass is 15.0. The van der Waals surface area contributed by atoms with E-state index in [1.54, 1.807) is 6.20 Å². The van der Waals surface area contributed by atoms with Crippen molar-refractivity contribution in [2.24, 2.45) is 5.41 Å². The van der Waals surface area contributed by atoms with E-state index in [4.69, 9.17) is 5.41 Å². The predicted octanol–water partition coefficient (Wildman–Crippen LogP) is 3.71. The summed E-state index contributed by atoms with van der Waals surface area (Å²) in [6.07, 6.45) is 2.81. The van der Waals surface area contributed by atoms with E-state index in [9.17, 15) is 0 Å². The minimum Gasteiger partial charge on any atom is -0.367 e. The van der Waals surface area contributed by atoms with E-state index in [1.807, 2.05) is 12.1 Å². The second kappa shape index (κ2) is 5.30. The highest BCUT2D eigenvalue weighted by Crippen LogP contribution is 2.24. The molecule has 0 saturated carbocycles. The van der Waals surface area contributed by atoms with Gasteiger partial charge in [0.2, 0.25) is 0 Å². The van der Waals surface area contributed by atoms with Crippen molar-refractivity contribution in [3.05, 3.63) is 23.9 Å². The molecule has 17 heavy (non-hydrogen) atoms. The average Bonchev–Trinajstić information content (AvgIpc) is 2.27. The number of rotatable bonds is 4. The molecule has 0 saturated heterocycles. The zero-order chi connectivity index (χ0) is 13.1. The molecule has 0 radical (unpaired) electrons. The molecular weight excluding hydrogens is 210 g/mol. The molecule has 3 nitrogen and oxygen atoms in total. The van der Waals surface area contributed by atoms with E-state index in [0.717, 1.165) is 17.8 Å². The minimum atomic E-state index is -0.158. The summed E-state index contributed by atoms with van der Waals surface area (Å²) in [5.41, 5.74) is 1.37. The standard InChI is InChI=1S/C14H23N3/c1-6-10(2)17-13-11(8-7-9-16-13)12(15)14(3,4)5/h7-10,15H,6H2,1-5H3,(H,16,17). The molecule has 0 aliphatic rings. The molecule has 1 aromatic rings. The van der Waals surface area contributed by atoms with Crippen LogP contribution < -0.4 is 5.32 Å². The summed E-state index contributed by atoms with van der Waals surface area (Å²) in [6, 6.07) is 4.22. The van der Waals surface area contributed by atoms with Crippen molar-refractivity contribution >= 4 is 11.5 Å². The summed E-state index contributed by atoms with van der Waals surface area (Å²) < 4.78 is 0. The van der Waals surface area contributed by atoms with Gasteiger partial charge in [-0.15, -0.1) is 0 Å². The molecule has 0 aromatic carbocycles. The smallest absolute Gasteiger partial charge is 0.135 e. The zero-order valence-electron chi connectivity index (χ0n) is 11.5. The molecule has 1 unspecified atom stereocenters. The van der Waals surface area contributed by atoms with Crippen LogP contribution in [-0.2, 0) is 0 Å². The van der Waals surface area contributed by atoms with Crippen molar-refractivity contribution in [1.82, 2.24) is 4.98 Å². The fourth-order valence-electron chi connectivity index (χ4n) is 1.46. The maximum atomic E-state index is 8.24. The van der Waals surface area contributed by atoms with Crippen LogP contribution in [0.25, 0.3) is 0 Å². The first-order valence-electron chi connectivity index (χ1n) is 6.17. The molecule has 0 fully saturated rings. The van der Waals surface area contributed by atoms with E-state index >= 15 is 0 Å². The molecule has 1 heterocycles. The summed E-state index contributed by atoms with van der Waals surface area (Å²) in [7, 11) is 0. The third-order valence-electron chi connectivity index (χ3n) is 2.82. The van der Waals surface area contributed by atoms with Crippen LogP contribution in [-0.4, -0.2) is 16.7 Å². The fourth-order valence-corrected chi connectivity index (χ4v) is 1.46. The average molecular weight is 233 g/mol. The zero-order valence-corrected chi connectivity index (χ0v) is 11.5. The first-order chi connectivity index (χ1) is 7.86. The predicted molar refractivity (Wildman–Crippen MR) is 73.9 cm³/mol. The van der Waals surface area contributed by atoms with Gasteiger partial charge in [0, 0.05) is 28.9 Å². The summed E-state index contributed by atoms with van der Waals surface area (Å²) >= 11 is 0. The first-order valence-corrected chi connectivity index (χ1v) is 6.17. The van der Waals surface area contributed by atoms with Crippen LogP contribution in [0.1, 0.15) is 46.6 Å². The highest BCUT2D eigenvalue weighted by molar-refractivity contribution is 6.05. The molecular formula is C14H23N3. The molecule has 0 aliphatic heterocycles. The van der Waals surface area contributed by atoms with Gasteiger partial charge < -0.3 is 10.7 Å². The number of hydrogen-bond donors (Lipinski definition) is 2.